The summed E-state index contributed by atoms with van der Waals surface area (Å²) in [6.07, 6.45) is 0. The predicted octanol–water partition coefficient (Wildman–Crippen LogP) is 1.21. The number of pyridine rings is 1. The largest absolute Gasteiger partial charge is 0.345 e. The molecule has 0 saturated heterocycles. The third-order valence-electron chi connectivity index (χ3n) is 3.40. The van der Waals surface area contributed by atoms with E-state index in [9.17, 15) is 9.59 Å². The Morgan fingerprint density at radius 2 is 2.05 bits per heavy atom. The summed E-state index contributed by atoms with van der Waals surface area (Å²) in [5, 5.41) is 2.84. The molecule has 0 aliphatic carbocycles. The van der Waals surface area contributed by atoms with Gasteiger partial charge in [-0.3, -0.25) is 9.59 Å². The van der Waals surface area contributed by atoms with E-state index in [4.69, 9.17) is 5.73 Å². The number of carbonyl (C=O) groups is 1. The van der Waals surface area contributed by atoms with Crippen LogP contribution in [-0.4, -0.2) is 23.0 Å². The maximum absolute atomic E-state index is 12.1. The van der Waals surface area contributed by atoms with Crippen molar-refractivity contribution in [1.82, 2.24) is 10.3 Å². The predicted molar refractivity (Wildman–Crippen MR) is 78.8 cm³/mol. The molecule has 0 bridgehead atoms. The molecule has 1 aromatic heterocycles. The van der Waals surface area contributed by atoms with E-state index in [0.29, 0.717) is 6.54 Å². The van der Waals surface area contributed by atoms with Gasteiger partial charge in [0.25, 0.3) is 11.5 Å². The number of hydrogen-bond donors (Lipinski definition) is 3. The van der Waals surface area contributed by atoms with Gasteiger partial charge in [0.2, 0.25) is 0 Å². The number of hydrogen-bond acceptors (Lipinski definition) is 3. The molecule has 0 saturated carbocycles. The van der Waals surface area contributed by atoms with Crippen LogP contribution in [0.1, 0.15) is 36.8 Å². The van der Waals surface area contributed by atoms with Crippen molar-refractivity contribution in [2.75, 3.05) is 6.54 Å². The SMILES string of the molecule is Cc1ccc(C(=O)NC(C)(CN)C(C)C)c(=O)[nH]1.Cl. The highest BCUT2D eigenvalue weighted by atomic mass is 35.5. The Morgan fingerprint density at radius 3 is 2.47 bits per heavy atom. The zero-order valence-corrected chi connectivity index (χ0v) is 12.6. The summed E-state index contributed by atoms with van der Waals surface area (Å²) in [6.45, 7) is 7.92. The van der Waals surface area contributed by atoms with Crippen molar-refractivity contribution in [3.8, 4) is 0 Å². The average molecular weight is 288 g/mol. The van der Waals surface area contributed by atoms with Crippen LogP contribution < -0.4 is 16.6 Å². The first-order chi connectivity index (χ1) is 8.30. The van der Waals surface area contributed by atoms with E-state index in [0.717, 1.165) is 5.69 Å². The second-order valence-corrected chi connectivity index (χ2v) is 5.11. The van der Waals surface area contributed by atoms with Gasteiger partial charge in [0, 0.05) is 12.2 Å². The monoisotopic (exact) mass is 287 g/mol. The fraction of sp³-hybridized carbons (Fsp3) is 0.538. The third-order valence-corrected chi connectivity index (χ3v) is 3.40. The van der Waals surface area contributed by atoms with Crippen LogP contribution in [0, 0.1) is 12.8 Å². The number of aryl methyl sites for hydroxylation is 1. The van der Waals surface area contributed by atoms with Crippen LogP contribution in [0.2, 0.25) is 0 Å². The topological polar surface area (TPSA) is 88.0 Å². The molecule has 4 N–H and O–H groups in total. The summed E-state index contributed by atoms with van der Waals surface area (Å²) >= 11 is 0. The molecule has 1 atom stereocenters. The Kier molecular flexibility index (Phi) is 6.25. The van der Waals surface area contributed by atoms with Gasteiger partial charge < -0.3 is 16.0 Å². The van der Waals surface area contributed by atoms with Crippen LogP contribution >= 0.6 is 12.4 Å². The lowest BCUT2D eigenvalue weighted by atomic mass is 9.88. The van der Waals surface area contributed by atoms with Crippen LogP contribution in [0.4, 0.5) is 0 Å². The molecular formula is C13H22ClN3O2. The molecule has 5 nitrogen and oxygen atoms in total. The third kappa shape index (κ3) is 4.08. The van der Waals surface area contributed by atoms with Gasteiger partial charge >= 0.3 is 0 Å². The van der Waals surface area contributed by atoms with E-state index < -0.39 is 11.4 Å². The molecule has 1 amide bonds. The molecule has 108 valence electrons. The van der Waals surface area contributed by atoms with Gasteiger partial charge in [-0.25, -0.2) is 0 Å². The minimum absolute atomic E-state index is 0. The molecule has 0 aromatic carbocycles. The second-order valence-electron chi connectivity index (χ2n) is 5.11. The summed E-state index contributed by atoms with van der Waals surface area (Å²) in [7, 11) is 0. The van der Waals surface area contributed by atoms with E-state index >= 15 is 0 Å². The fourth-order valence-electron chi connectivity index (χ4n) is 1.51. The van der Waals surface area contributed by atoms with Gasteiger partial charge in [0.05, 0.1) is 5.54 Å². The van der Waals surface area contributed by atoms with E-state index in [1.807, 2.05) is 20.8 Å². The van der Waals surface area contributed by atoms with E-state index in [1.165, 1.54) is 6.07 Å². The molecule has 1 aromatic rings. The highest BCUT2D eigenvalue weighted by Gasteiger charge is 2.29. The summed E-state index contributed by atoms with van der Waals surface area (Å²) in [5.74, 6) is -0.214. The Labute approximate surface area is 119 Å². The number of carbonyl (C=O) groups excluding carboxylic acids is 1. The molecule has 0 aliphatic heterocycles. The van der Waals surface area contributed by atoms with Crippen LogP contribution in [0.3, 0.4) is 0 Å². The molecule has 1 heterocycles. The second kappa shape index (κ2) is 6.73. The lowest BCUT2D eigenvalue weighted by molar-refractivity contribution is 0.0881. The number of aromatic amines is 1. The molecule has 0 fully saturated rings. The van der Waals surface area contributed by atoms with E-state index in [-0.39, 0.29) is 29.4 Å². The van der Waals surface area contributed by atoms with Crippen LogP contribution in [0.15, 0.2) is 16.9 Å². The number of H-pyrrole nitrogens is 1. The maximum atomic E-state index is 12.1. The van der Waals surface area contributed by atoms with Gasteiger partial charge in [-0.05, 0) is 31.9 Å². The van der Waals surface area contributed by atoms with Crippen molar-refractivity contribution >= 4 is 18.3 Å². The normalized spacial score (nSPS) is 13.6. The van der Waals surface area contributed by atoms with Crippen molar-refractivity contribution in [1.29, 1.82) is 0 Å². The first-order valence-electron chi connectivity index (χ1n) is 6.02. The highest BCUT2D eigenvalue weighted by molar-refractivity contribution is 5.94. The zero-order chi connectivity index (χ0) is 13.9. The highest BCUT2D eigenvalue weighted by Crippen LogP contribution is 2.15. The van der Waals surface area contributed by atoms with Crippen LogP contribution in [-0.2, 0) is 0 Å². The lowest BCUT2D eigenvalue weighted by Gasteiger charge is -2.33. The van der Waals surface area contributed by atoms with E-state index in [2.05, 4.69) is 10.3 Å². The number of aromatic nitrogens is 1. The Hall–Kier alpha value is -1.33. The maximum Gasteiger partial charge on any atom is 0.260 e. The van der Waals surface area contributed by atoms with Gasteiger partial charge in [0.15, 0.2) is 0 Å². The zero-order valence-electron chi connectivity index (χ0n) is 11.7. The summed E-state index contributed by atoms with van der Waals surface area (Å²) in [4.78, 5) is 26.4. The standard InChI is InChI=1S/C13H21N3O2.ClH/c1-8(2)13(4,7-14)16-12(18)10-6-5-9(3)15-11(10)17;/h5-6,8H,7,14H2,1-4H3,(H,15,17)(H,16,18);1H. The Morgan fingerprint density at radius 1 is 1.47 bits per heavy atom. The number of amides is 1. The smallest absolute Gasteiger partial charge is 0.260 e. The lowest BCUT2D eigenvalue weighted by Crippen LogP contribution is -2.55. The minimum atomic E-state index is -0.519. The van der Waals surface area contributed by atoms with Gasteiger partial charge in [0.1, 0.15) is 5.56 Å². The van der Waals surface area contributed by atoms with Gasteiger partial charge in [-0.1, -0.05) is 13.8 Å². The van der Waals surface area contributed by atoms with Crippen molar-refractivity contribution in [3.05, 3.63) is 33.7 Å². The fourth-order valence-corrected chi connectivity index (χ4v) is 1.51. The number of nitrogens with two attached hydrogens (primary N) is 1. The first-order valence-corrected chi connectivity index (χ1v) is 6.02. The summed E-state index contributed by atoms with van der Waals surface area (Å²) in [5.41, 5.74) is 5.63. The van der Waals surface area contributed by atoms with Crippen molar-refractivity contribution in [2.24, 2.45) is 11.7 Å². The summed E-state index contributed by atoms with van der Waals surface area (Å²) < 4.78 is 0. The van der Waals surface area contributed by atoms with Crippen LogP contribution in [0.5, 0.6) is 0 Å². The molecule has 1 rings (SSSR count). The van der Waals surface area contributed by atoms with E-state index in [1.54, 1.807) is 13.0 Å². The van der Waals surface area contributed by atoms with Crippen molar-refractivity contribution in [2.45, 2.75) is 33.2 Å². The number of halogens is 1. The number of nitrogens with one attached hydrogen (secondary N) is 2. The van der Waals surface area contributed by atoms with Crippen molar-refractivity contribution in [3.63, 3.8) is 0 Å². The molecule has 0 radical (unpaired) electrons. The molecule has 1 unspecified atom stereocenters. The molecule has 0 aliphatic rings. The first kappa shape index (κ1) is 17.7. The molecule has 6 heteroatoms. The average Bonchev–Trinajstić information content (AvgIpc) is 2.28. The quantitative estimate of drug-likeness (QED) is 0.778. The molecular weight excluding hydrogens is 266 g/mol. The summed E-state index contributed by atoms with van der Waals surface area (Å²) in [6, 6.07) is 3.23. The molecule has 0 spiro atoms. The Bertz CT molecular complexity index is 499. The van der Waals surface area contributed by atoms with Crippen LogP contribution in [0.25, 0.3) is 0 Å². The number of rotatable bonds is 4. The molecule has 19 heavy (non-hydrogen) atoms. The van der Waals surface area contributed by atoms with Gasteiger partial charge in [-0.2, -0.15) is 0 Å². The Balaban J connectivity index is 0.00000324. The minimum Gasteiger partial charge on any atom is -0.345 e. The van der Waals surface area contributed by atoms with Gasteiger partial charge in [-0.15, -0.1) is 12.4 Å². The van der Waals surface area contributed by atoms with Crippen molar-refractivity contribution < 1.29 is 4.79 Å².